The molecule has 0 atom stereocenters. The van der Waals surface area contributed by atoms with E-state index < -0.39 is 0 Å². The van der Waals surface area contributed by atoms with Gasteiger partial charge in [-0.25, -0.2) is 0 Å². The van der Waals surface area contributed by atoms with Crippen LogP contribution in [0.1, 0.15) is 21.6 Å². The van der Waals surface area contributed by atoms with Crippen molar-refractivity contribution in [1.29, 1.82) is 0 Å². The number of carbonyl (C=O) groups is 2. The molecular weight excluding hydrogens is 490 g/mol. The van der Waals surface area contributed by atoms with E-state index >= 15 is 0 Å². The highest BCUT2D eigenvalue weighted by atomic mass is 16.5. The van der Waals surface area contributed by atoms with Gasteiger partial charge in [-0.15, -0.1) is 0 Å². The summed E-state index contributed by atoms with van der Waals surface area (Å²) in [5, 5.41) is 0. The maximum Gasteiger partial charge on any atom is 0.255 e. The number of carbonyl (C=O) groups excluding carboxylic acids is 2. The highest BCUT2D eigenvalue weighted by Crippen LogP contribution is 2.32. The molecule has 2 heterocycles. The first-order valence-electron chi connectivity index (χ1n) is 13.1. The lowest BCUT2D eigenvalue weighted by molar-refractivity contribution is -0.131. The summed E-state index contributed by atoms with van der Waals surface area (Å²) in [4.78, 5) is 30.4. The van der Waals surface area contributed by atoms with E-state index in [1.165, 1.54) is 0 Å². The van der Waals surface area contributed by atoms with Crippen molar-refractivity contribution in [2.45, 2.75) is 13.3 Å². The van der Waals surface area contributed by atoms with Crippen molar-refractivity contribution in [2.24, 2.45) is 0 Å². The maximum absolute atomic E-state index is 13.8. The number of nitrogens with zero attached hydrogens (tertiary/aromatic N) is 3. The van der Waals surface area contributed by atoms with Crippen LogP contribution in [0.25, 0.3) is 16.9 Å². The topological polar surface area (TPSA) is 64.0 Å². The second-order valence-corrected chi connectivity index (χ2v) is 9.63. The van der Waals surface area contributed by atoms with E-state index in [1.54, 1.807) is 14.2 Å². The molecule has 0 saturated carbocycles. The average molecular weight is 524 g/mol. The summed E-state index contributed by atoms with van der Waals surface area (Å²) in [7, 11) is 3.27. The Hall–Kier alpha value is -4.52. The minimum absolute atomic E-state index is 0.0198. The van der Waals surface area contributed by atoms with E-state index in [1.807, 2.05) is 102 Å². The van der Waals surface area contributed by atoms with Gasteiger partial charge >= 0.3 is 0 Å². The zero-order valence-electron chi connectivity index (χ0n) is 22.6. The van der Waals surface area contributed by atoms with Crippen LogP contribution in [0.2, 0.25) is 0 Å². The molecule has 1 fully saturated rings. The fraction of sp³-hybridized carbons (Fsp3) is 0.250. The van der Waals surface area contributed by atoms with Gasteiger partial charge in [0.05, 0.1) is 31.9 Å². The van der Waals surface area contributed by atoms with Crippen LogP contribution in [0.5, 0.6) is 11.5 Å². The van der Waals surface area contributed by atoms with Gasteiger partial charge in [0.1, 0.15) is 11.5 Å². The van der Waals surface area contributed by atoms with E-state index in [-0.39, 0.29) is 11.8 Å². The third-order valence-corrected chi connectivity index (χ3v) is 7.29. The molecule has 0 radical (unpaired) electrons. The van der Waals surface area contributed by atoms with Gasteiger partial charge in [-0.3, -0.25) is 9.59 Å². The highest BCUT2D eigenvalue weighted by Gasteiger charge is 2.28. The first-order chi connectivity index (χ1) is 19.0. The van der Waals surface area contributed by atoms with Gasteiger partial charge in [0.25, 0.3) is 5.91 Å². The van der Waals surface area contributed by atoms with Crippen molar-refractivity contribution >= 4 is 11.8 Å². The molecule has 5 rings (SSSR count). The lowest BCUT2D eigenvalue weighted by Gasteiger charge is -2.35. The first kappa shape index (κ1) is 26.1. The minimum Gasteiger partial charge on any atom is -0.497 e. The van der Waals surface area contributed by atoms with Gasteiger partial charge in [0.15, 0.2) is 0 Å². The molecular formula is C32H33N3O4. The van der Waals surface area contributed by atoms with E-state index in [4.69, 9.17) is 9.47 Å². The van der Waals surface area contributed by atoms with Crippen molar-refractivity contribution in [2.75, 3.05) is 40.4 Å². The number of hydrogen-bond acceptors (Lipinski definition) is 4. The van der Waals surface area contributed by atoms with Crippen LogP contribution in [0, 0.1) is 6.92 Å². The van der Waals surface area contributed by atoms with Gasteiger partial charge in [0.2, 0.25) is 5.91 Å². The Morgan fingerprint density at radius 2 is 1.41 bits per heavy atom. The Bertz CT molecular complexity index is 1450. The van der Waals surface area contributed by atoms with Gasteiger partial charge in [-0.05, 0) is 55.0 Å². The van der Waals surface area contributed by atoms with E-state index in [0.717, 1.165) is 39.7 Å². The van der Waals surface area contributed by atoms with Crippen LogP contribution in [-0.2, 0) is 11.2 Å². The molecule has 1 aromatic heterocycles. The Balaban J connectivity index is 1.34. The van der Waals surface area contributed by atoms with Crippen LogP contribution in [0.15, 0.2) is 84.9 Å². The predicted molar refractivity (Wildman–Crippen MR) is 152 cm³/mol. The highest BCUT2D eigenvalue weighted by molar-refractivity contribution is 5.97. The summed E-state index contributed by atoms with van der Waals surface area (Å²) in [5.74, 6) is 1.58. The van der Waals surface area contributed by atoms with E-state index in [9.17, 15) is 9.59 Å². The normalized spacial score (nSPS) is 13.3. The lowest BCUT2D eigenvalue weighted by atomic mass is 10.1. The molecule has 4 aromatic rings. The molecule has 0 aliphatic carbocycles. The van der Waals surface area contributed by atoms with Crippen LogP contribution in [-0.4, -0.2) is 66.6 Å². The van der Waals surface area contributed by atoms with Crippen LogP contribution in [0.4, 0.5) is 0 Å². The zero-order chi connectivity index (χ0) is 27.4. The van der Waals surface area contributed by atoms with E-state index in [2.05, 4.69) is 4.57 Å². The second kappa shape index (κ2) is 11.5. The lowest BCUT2D eigenvalue weighted by Crippen LogP contribution is -2.51. The SMILES string of the molecule is COc1ccc(CC(=O)N2CCN(C(=O)c3cc(-c4cccc(OC)c4)n(-c4ccccc4)c3C)CC2)cc1. The maximum atomic E-state index is 13.8. The molecule has 39 heavy (non-hydrogen) atoms. The van der Waals surface area contributed by atoms with Crippen molar-refractivity contribution in [1.82, 2.24) is 14.4 Å². The smallest absolute Gasteiger partial charge is 0.255 e. The zero-order valence-corrected chi connectivity index (χ0v) is 22.6. The number of aromatic nitrogens is 1. The van der Waals surface area contributed by atoms with Crippen LogP contribution in [0.3, 0.4) is 0 Å². The third kappa shape index (κ3) is 5.53. The molecule has 2 amide bonds. The van der Waals surface area contributed by atoms with Gasteiger partial charge in [-0.1, -0.05) is 42.5 Å². The molecule has 7 heteroatoms. The van der Waals surface area contributed by atoms with Gasteiger partial charge in [0, 0.05) is 43.1 Å². The molecule has 1 aliphatic rings. The number of ether oxygens (including phenoxy) is 2. The Morgan fingerprint density at radius 1 is 0.744 bits per heavy atom. The summed E-state index contributed by atoms with van der Waals surface area (Å²) in [6.45, 7) is 4.01. The Kier molecular flexibility index (Phi) is 7.68. The number of amides is 2. The summed E-state index contributed by atoms with van der Waals surface area (Å²) in [5.41, 5.74) is 5.36. The molecule has 0 unspecified atom stereocenters. The number of piperazine rings is 1. The Morgan fingerprint density at radius 3 is 2.08 bits per heavy atom. The predicted octanol–water partition coefficient (Wildman–Crippen LogP) is 5.00. The second-order valence-electron chi connectivity index (χ2n) is 9.63. The summed E-state index contributed by atoms with van der Waals surface area (Å²) in [6.07, 6.45) is 0.334. The standard InChI is InChI=1S/C32H33N3O4/c1-23-29(22-30(25-8-7-11-28(21-25)39-3)35(23)26-9-5-4-6-10-26)32(37)34-18-16-33(17-19-34)31(36)20-24-12-14-27(38-2)15-13-24/h4-15,21-22H,16-20H2,1-3H3. The molecule has 1 aliphatic heterocycles. The fourth-order valence-electron chi connectivity index (χ4n) is 5.09. The monoisotopic (exact) mass is 523 g/mol. The summed E-state index contributed by atoms with van der Waals surface area (Å²) >= 11 is 0. The largest absolute Gasteiger partial charge is 0.497 e. The first-order valence-corrected chi connectivity index (χ1v) is 13.1. The summed E-state index contributed by atoms with van der Waals surface area (Å²) in [6, 6.07) is 27.4. The number of hydrogen-bond donors (Lipinski definition) is 0. The van der Waals surface area contributed by atoms with Crippen LogP contribution < -0.4 is 9.47 Å². The third-order valence-electron chi connectivity index (χ3n) is 7.29. The molecule has 0 bridgehead atoms. The summed E-state index contributed by atoms with van der Waals surface area (Å²) < 4.78 is 12.8. The molecule has 7 nitrogen and oxygen atoms in total. The molecule has 1 saturated heterocycles. The molecule has 3 aromatic carbocycles. The van der Waals surface area contributed by atoms with Crippen molar-refractivity contribution < 1.29 is 19.1 Å². The molecule has 0 spiro atoms. The number of methoxy groups -OCH3 is 2. The minimum atomic E-state index is -0.0198. The van der Waals surface area contributed by atoms with E-state index in [0.29, 0.717) is 38.2 Å². The van der Waals surface area contributed by atoms with Crippen molar-refractivity contribution in [3.8, 4) is 28.4 Å². The van der Waals surface area contributed by atoms with Crippen molar-refractivity contribution in [3.05, 3.63) is 102 Å². The number of rotatable bonds is 7. The Labute approximate surface area is 229 Å². The van der Waals surface area contributed by atoms with Crippen LogP contribution >= 0.6 is 0 Å². The van der Waals surface area contributed by atoms with Gasteiger partial charge in [-0.2, -0.15) is 0 Å². The van der Waals surface area contributed by atoms with Gasteiger partial charge < -0.3 is 23.8 Å². The van der Waals surface area contributed by atoms with Crippen molar-refractivity contribution in [3.63, 3.8) is 0 Å². The average Bonchev–Trinajstić information content (AvgIpc) is 3.34. The quantitative estimate of drug-likeness (QED) is 0.342. The number of para-hydroxylation sites is 1. The fourth-order valence-corrected chi connectivity index (χ4v) is 5.09. The molecule has 0 N–H and O–H groups in total. The molecule has 200 valence electrons. The number of benzene rings is 3.